The van der Waals surface area contributed by atoms with Gasteiger partial charge in [-0.1, -0.05) is 52.3 Å². The summed E-state index contributed by atoms with van der Waals surface area (Å²) in [6.07, 6.45) is 10.6. The predicted octanol–water partition coefficient (Wildman–Crippen LogP) is 5.36. The van der Waals surface area contributed by atoms with E-state index in [0.29, 0.717) is 5.41 Å². The van der Waals surface area contributed by atoms with Gasteiger partial charge in [0.25, 0.3) is 0 Å². The number of rotatable bonds is 5. The third kappa shape index (κ3) is 6.54. The summed E-state index contributed by atoms with van der Waals surface area (Å²) in [7, 11) is 0. The molecule has 0 nitrogen and oxygen atoms in total. The molecule has 0 saturated carbocycles. The first-order valence-corrected chi connectivity index (χ1v) is 6.23. The first kappa shape index (κ1) is 14.5. The Kier molecular flexibility index (Phi) is 6.63. The Balaban J connectivity index is 4.63. The number of hydrogen-bond donors (Lipinski definition) is 0. The van der Waals surface area contributed by atoms with E-state index >= 15 is 0 Å². The molecule has 15 heavy (non-hydrogen) atoms. The lowest BCUT2D eigenvalue weighted by molar-refractivity contribution is 0.309. The largest absolute Gasteiger partial charge is 0.0874 e. The van der Waals surface area contributed by atoms with Crippen molar-refractivity contribution in [3.05, 3.63) is 23.8 Å². The summed E-state index contributed by atoms with van der Waals surface area (Å²) in [4.78, 5) is 0. The van der Waals surface area contributed by atoms with E-state index in [0.717, 1.165) is 5.92 Å². The van der Waals surface area contributed by atoms with E-state index in [-0.39, 0.29) is 0 Å². The van der Waals surface area contributed by atoms with Crippen molar-refractivity contribution in [3.8, 4) is 0 Å². The number of hydrogen-bond acceptors (Lipinski definition) is 0. The van der Waals surface area contributed by atoms with E-state index in [9.17, 15) is 0 Å². The van der Waals surface area contributed by atoms with Gasteiger partial charge in [0.15, 0.2) is 0 Å². The molecule has 0 aliphatic rings. The van der Waals surface area contributed by atoms with Crippen LogP contribution in [0.1, 0.15) is 60.8 Å². The second-order valence-corrected chi connectivity index (χ2v) is 5.54. The molecule has 0 heteroatoms. The molecule has 0 amide bonds. The summed E-state index contributed by atoms with van der Waals surface area (Å²) >= 11 is 0. The third-order valence-corrected chi connectivity index (χ3v) is 2.66. The van der Waals surface area contributed by atoms with Crippen LogP contribution in [-0.2, 0) is 0 Å². The van der Waals surface area contributed by atoms with E-state index in [2.05, 4.69) is 59.8 Å². The van der Waals surface area contributed by atoms with E-state index in [1.165, 1.54) is 24.8 Å². The fraction of sp³-hybridized carbons (Fsp3) is 0.733. The Labute approximate surface area is 96.5 Å². The summed E-state index contributed by atoms with van der Waals surface area (Å²) in [5, 5.41) is 0. The van der Waals surface area contributed by atoms with Gasteiger partial charge in [-0.3, -0.25) is 0 Å². The van der Waals surface area contributed by atoms with Gasteiger partial charge < -0.3 is 0 Å². The van der Waals surface area contributed by atoms with E-state index in [1.54, 1.807) is 0 Å². The average molecular weight is 208 g/mol. The fourth-order valence-electron chi connectivity index (χ4n) is 2.13. The lowest BCUT2D eigenvalue weighted by atomic mass is 9.79. The third-order valence-electron chi connectivity index (χ3n) is 2.66. The van der Waals surface area contributed by atoms with Crippen LogP contribution < -0.4 is 0 Å². The van der Waals surface area contributed by atoms with Gasteiger partial charge in [0.05, 0.1) is 0 Å². The SMILES string of the molecule is C/C=C\C(=C/C)C(CCC)CC(C)(C)C. The van der Waals surface area contributed by atoms with Gasteiger partial charge in [0.2, 0.25) is 0 Å². The summed E-state index contributed by atoms with van der Waals surface area (Å²) in [5.74, 6) is 0.733. The first-order valence-electron chi connectivity index (χ1n) is 6.23. The van der Waals surface area contributed by atoms with E-state index in [1.807, 2.05) is 0 Å². The van der Waals surface area contributed by atoms with Crippen LogP contribution in [0.15, 0.2) is 23.8 Å². The molecule has 0 bridgehead atoms. The standard InChI is InChI=1S/C15H28/c1-7-10-13(9-3)14(11-8-2)12-15(4,5)6/h7,9-10,14H,8,11-12H2,1-6H3/b10-7-,13-9+. The van der Waals surface area contributed by atoms with Crippen LogP contribution in [0.25, 0.3) is 0 Å². The Hall–Kier alpha value is -0.520. The second kappa shape index (κ2) is 6.87. The van der Waals surface area contributed by atoms with Crippen molar-refractivity contribution in [3.63, 3.8) is 0 Å². The van der Waals surface area contributed by atoms with Crippen LogP contribution >= 0.6 is 0 Å². The minimum atomic E-state index is 0.426. The van der Waals surface area contributed by atoms with Gasteiger partial charge >= 0.3 is 0 Å². The molecule has 0 heterocycles. The molecule has 1 atom stereocenters. The van der Waals surface area contributed by atoms with Crippen molar-refractivity contribution in [1.29, 1.82) is 0 Å². The lowest BCUT2D eigenvalue weighted by Crippen LogP contribution is -2.14. The molecular weight excluding hydrogens is 180 g/mol. The summed E-state index contributed by atoms with van der Waals surface area (Å²) in [6.45, 7) is 13.5. The highest BCUT2D eigenvalue weighted by Gasteiger charge is 2.19. The maximum atomic E-state index is 2.33. The zero-order valence-corrected chi connectivity index (χ0v) is 11.4. The maximum absolute atomic E-state index is 2.33. The van der Waals surface area contributed by atoms with Crippen molar-refractivity contribution in [2.75, 3.05) is 0 Å². The lowest BCUT2D eigenvalue weighted by Gasteiger charge is -2.26. The van der Waals surface area contributed by atoms with E-state index in [4.69, 9.17) is 0 Å². The summed E-state index contributed by atoms with van der Waals surface area (Å²) < 4.78 is 0. The Morgan fingerprint density at radius 3 is 2.13 bits per heavy atom. The maximum Gasteiger partial charge on any atom is -0.0160 e. The Morgan fingerprint density at radius 2 is 1.80 bits per heavy atom. The van der Waals surface area contributed by atoms with Gasteiger partial charge in [0, 0.05) is 0 Å². The molecule has 88 valence electrons. The molecule has 0 aliphatic carbocycles. The van der Waals surface area contributed by atoms with E-state index < -0.39 is 0 Å². The molecule has 0 radical (unpaired) electrons. The second-order valence-electron chi connectivity index (χ2n) is 5.54. The summed E-state index contributed by atoms with van der Waals surface area (Å²) in [5.41, 5.74) is 1.93. The molecule has 0 aromatic carbocycles. The molecule has 0 aliphatic heterocycles. The average Bonchev–Trinajstić information content (AvgIpc) is 2.11. The minimum Gasteiger partial charge on any atom is -0.0874 e. The molecule has 0 rings (SSSR count). The topological polar surface area (TPSA) is 0 Å². The Bertz CT molecular complexity index is 213. The van der Waals surface area contributed by atoms with Crippen LogP contribution in [0.4, 0.5) is 0 Å². The van der Waals surface area contributed by atoms with Crippen molar-refractivity contribution in [2.24, 2.45) is 11.3 Å². The zero-order valence-electron chi connectivity index (χ0n) is 11.4. The molecule has 0 N–H and O–H groups in total. The highest BCUT2D eigenvalue weighted by atomic mass is 14.2. The van der Waals surface area contributed by atoms with Gasteiger partial charge in [-0.15, -0.1) is 0 Å². The van der Waals surface area contributed by atoms with Gasteiger partial charge in [0.1, 0.15) is 0 Å². The normalized spacial score (nSPS) is 16.0. The fourth-order valence-corrected chi connectivity index (χ4v) is 2.13. The molecule has 0 aromatic rings. The van der Waals surface area contributed by atoms with Gasteiger partial charge in [-0.2, -0.15) is 0 Å². The molecule has 1 unspecified atom stereocenters. The van der Waals surface area contributed by atoms with Crippen LogP contribution in [0.5, 0.6) is 0 Å². The molecule has 0 spiro atoms. The van der Waals surface area contributed by atoms with Crippen LogP contribution in [0.2, 0.25) is 0 Å². The van der Waals surface area contributed by atoms with Crippen molar-refractivity contribution in [1.82, 2.24) is 0 Å². The van der Waals surface area contributed by atoms with Crippen molar-refractivity contribution in [2.45, 2.75) is 60.8 Å². The quantitative estimate of drug-likeness (QED) is 0.533. The summed E-state index contributed by atoms with van der Waals surface area (Å²) in [6, 6.07) is 0. The minimum absolute atomic E-state index is 0.426. The molecule has 0 saturated heterocycles. The smallest absolute Gasteiger partial charge is 0.0160 e. The monoisotopic (exact) mass is 208 g/mol. The molecule has 0 fully saturated rings. The van der Waals surface area contributed by atoms with Gasteiger partial charge in [-0.25, -0.2) is 0 Å². The highest BCUT2D eigenvalue weighted by Crippen LogP contribution is 2.32. The van der Waals surface area contributed by atoms with Crippen LogP contribution in [0.3, 0.4) is 0 Å². The van der Waals surface area contributed by atoms with Gasteiger partial charge in [-0.05, 0) is 43.6 Å². The van der Waals surface area contributed by atoms with Crippen molar-refractivity contribution < 1.29 is 0 Å². The highest BCUT2D eigenvalue weighted by molar-refractivity contribution is 5.20. The van der Waals surface area contributed by atoms with Crippen LogP contribution in [-0.4, -0.2) is 0 Å². The number of allylic oxidation sites excluding steroid dienone is 4. The Morgan fingerprint density at radius 1 is 1.20 bits per heavy atom. The predicted molar refractivity (Wildman–Crippen MR) is 71.0 cm³/mol. The molecule has 0 aromatic heterocycles. The van der Waals surface area contributed by atoms with Crippen LogP contribution in [0, 0.1) is 11.3 Å². The first-order chi connectivity index (χ1) is 6.94. The van der Waals surface area contributed by atoms with Crippen molar-refractivity contribution >= 4 is 0 Å². The zero-order chi connectivity index (χ0) is 11.9. The molecular formula is C15H28.